The molecule has 1 heterocycles. The fourth-order valence-corrected chi connectivity index (χ4v) is 2.79. The van der Waals surface area contributed by atoms with E-state index in [-0.39, 0.29) is 5.91 Å². The maximum absolute atomic E-state index is 11.9. The molecule has 108 valence electrons. The molecule has 8 heteroatoms. The van der Waals surface area contributed by atoms with Gasteiger partial charge in [0.15, 0.2) is 5.16 Å². The third-order valence-corrected chi connectivity index (χ3v) is 4.07. The average molecular weight is 294 g/mol. The van der Waals surface area contributed by atoms with Gasteiger partial charge >= 0.3 is 0 Å². The summed E-state index contributed by atoms with van der Waals surface area (Å²) in [5.41, 5.74) is 5.65. The van der Waals surface area contributed by atoms with E-state index in [0.717, 1.165) is 23.8 Å². The number of nitriles is 1. The van der Waals surface area contributed by atoms with Crippen LogP contribution in [0.5, 0.6) is 0 Å². The van der Waals surface area contributed by atoms with Crippen LogP contribution in [0.2, 0.25) is 0 Å². The SMILES string of the molecule is CN(CCC#N)C(=O)CSc1nnc(CN)n1C1CC1. The number of amides is 1. The second-order valence-corrected chi connectivity index (χ2v) is 5.66. The van der Waals surface area contributed by atoms with Gasteiger partial charge in [-0.25, -0.2) is 0 Å². The van der Waals surface area contributed by atoms with Gasteiger partial charge in [0.25, 0.3) is 0 Å². The third-order valence-electron chi connectivity index (χ3n) is 3.14. The van der Waals surface area contributed by atoms with Crippen molar-refractivity contribution in [2.75, 3.05) is 19.3 Å². The summed E-state index contributed by atoms with van der Waals surface area (Å²) in [7, 11) is 1.71. The molecule has 1 aromatic rings. The molecule has 2 N–H and O–H groups in total. The highest BCUT2D eigenvalue weighted by atomic mass is 32.2. The smallest absolute Gasteiger partial charge is 0.232 e. The van der Waals surface area contributed by atoms with Crippen LogP contribution < -0.4 is 5.73 Å². The normalized spacial score (nSPS) is 14.1. The van der Waals surface area contributed by atoms with Crippen molar-refractivity contribution in [1.29, 1.82) is 5.26 Å². The minimum Gasteiger partial charge on any atom is -0.344 e. The molecule has 0 unspecified atom stereocenters. The molecule has 20 heavy (non-hydrogen) atoms. The Morgan fingerprint density at radius 3 is 2.95 bits per heavy atom. The Morgan fingerprint density at radius 2 is 2.35 bits per heavy atom. The molecule has 2 rings (SSSR count). The van der Waals surface area contributed by atoms with E-state index >= 15 is 0 Å². The van der Waals surface area contributed by atoms with Crippen LogP contribution >= 0.6 is 11.8 Å². The lowest BCUT2D eigenvalue weighted by atomic mass is 10.4. The van der Waals surface area contributed by atoms with E-state index in [0.29, 0.717) is 31.3 Å². The van der Waals surface area contributed by atoms with Crippen LogP contribution in [0.25, 0.3) is 0 Å². The van der Waals surface area contributed by atoms with Crippen LogP contribution in [0, 0.1) is 11.3 Å². The molecular weight excluding hydrogens is 276 g/mol. The quantitative estimate of drug-likeness (QED) is 0.736. The maximum atomic E-state index is 11.9. The first-order chi connectivity index (χ1) is 9.67. The van der Waals surface area contributed by atoms with E-state index in [1.54, 1.807) is 11.9 Å². The number of nitrogens with zero attached hydrogens (tertiary/aromatic N) is 5. The summed E-state index contributed by atoms with van der Waals surface area (Å²) in [6.45, 7) is 0.819. The van der Waals surface area contributed by atoms with Crippen molar-refractivity contribution in [1.82, 2.24) is 19.7 Å². The maximum Gasteiger partial charge on any atom is 0.232 e. The van der Waals surface area contributed by atoms with Crippen molar-refractivity contribution >= 4 is 17.7 Å². The van der Waals surface area contributed by atoms with Gasteiger partial charge in [-0.05, 0) is 12.8 Å². The minimum absolute atomic E-state index is 0.00936. The van der Waals surface area contributed by atoms with Crippen molar-refractivity contribution in [3.8, 4) is 6.07 Å². The number of carbonyl (C=O) groups excluding carboxylic acids is 1. The van der Waals surface area contributed by atoms with Crippen molar-refractivity contribution in [3.63, 3.8) is 0 Å². The molecule has 1 aliphatic rings. The van der Waals surface area contributed by atoms with Gasteiger partial charge in [0.1, 0.15) is 5.82 Å². The number of rotatable bonds is 7. The molecule has 1 aromatic heterocycles. The van der Waals surface area contributed by atoms with Gasteiger partial charge in [-0.2, -0.15) is 5.26 Å². The molecule has 0 bridgehead atoms. The Kier molecular flexibility index (Phi) is 4.98. The van der Waals surface area contributed by atoms with E-state index < -0.39 is 0 Å². The topological polar surface area (TPSA) is 101 Å². The van der Waals surface area contributed by atoms with E-state index in [9.17, 15) is 4.79 Å². The molecule has 0 aliphatic heterocycles. The number of carbonyl (C=O) groups is 1. The van der Waals surface area contributed by atoms with Crippen molar-refractivity contribution in [2.45, 2.75) is 37.0 Å². The summed E-state index contributed by atoms with van der Waals surface area (Å²) in [6, 6.07) is 2.47. The van der Waals surface area contributed by atoms with Crippen molar-refractivity contribution in [3.05, 3.63) is 5.82 Å². The van der Waals surface area contributed by atoms with Gasteiger partial charge in [-0.3, -0.25) is 4.79 Å². The molecule has 7 nitrogen and oxygen atoms in total. The molecule has 1 fully saturated rings. The summed E-state index contributed by atoms with van der Waals surface area (Å²) < 4.78 is 2.05. The zero-order chi connectivity index (χ0) is 14.5. The van der Waals surface area contributed by atoms with Crippen LogP contribution in [0.15, 0.2) is 5.16 Å². The summed E-state index contributed by atoms with van der Waals surface area (Å²) in [5, 5.41) is 17.5. The summed E-state index contributed by atoms with van der Waals surface area (Å²) in [5.74, 6) is 1.07. The predicted molar refractivity (Wildman–Crippen MR) is 74.8 cm³/mol. The second-order valence-electron chi connectivity index (χ2n) is 4.72. The number of hydrogen-bond donors (Lipinski definition) is 1. The van der Waals surface area contributed by atoms with Crippen LogP contribution in [-0.4, -0.2) is 44.9 Å². The van der Waals surface area contributed by atoms with Gasteiger partial charge in [0.2, 0.25) is 5.91 Å². The van der Waals surface area contributed by atoms with Gasteiger partial charge in [-0.15, -0.1) is 10.2 Å². The first-order valence-electron chi connectivity index (χ1n) is 6.55. The van der Waals surface area contributed by atoms with Crippen LogP contribution in [0.3, 0.4) is 0 Å². The van der Waals surface area contributed by atoms with E-state index in [4.69, 9.17) is 11.0 Å². The molecular formula is C12H18N6OS. The monoisotopic (exact) mass is 294 g/mol. The molecule has 1 amide bonds. The Morgan fingerprint density at radius 1 is 1.60 bits per heavy atom. The molecule has 0 aromatic carbocycles. The van der Waals surface area contributed by atoms with Crippen LogP contribution in [0.4, 0.5) is 0 Å². The standard InChI is InChI=1S/C12H18N6OS/c1-17(6-2-5-13)11(19)8-20-12-16-15-10(7-14)18(12)9-3-4-9/h9H,2-4,6-8,14H2,1H3. The van der Waals surface area contributed by atoms with Crippen LogP contribution in [-0.2, 0) is 11.3 Å². The molecule has 0 atom stereocenters. The van der Waals surface area contributed by atoms with Gasteiger partial charge < -0.3 is 15.2 Å². The molecule has 0 saturated heterocycles. The Labute approximate surface area is 122 Å². The lowest BCUT2D eigenvalue weighted by molar-refractivity contribution is -0.127. The largest absolute Gasteiger partial charge is 0.344 e. The fourth-order valence-electron chi connectivity index (χ4n) is 1.82. The molecule has 0 radical (unpaired) electrons. The third kappa shape index (κ3) is 3.49. The minimum atomic E-state index is -0.00936. The zero-order valence-corrected chi connectivity index (χ0v) is 12.3. The Hall–Kier alpha value is -1.59. The highest BCUT2D eigenvalue weighted by Crippen LogP contribution is 2.38. The van der Waals surface area contributed by atoms with Gasteiger partial charge in [0.05, 0.1) is 24.8 Å². The van der Waals surface area contributed by atoms with Crippen molar-refractivity contribution in [2.24, 2.45) is 5.73 Å². The fraction of sp³-hybridized carbons (Fsp3) is 0.667. The summed E-state index contributed by atoms with van der Waals surface area (Å²) >= 11 is 1.38. The van der Waals surface area contributed by atoms with E-state index in [1.807, 2.05) is 10.6 Å². The number of nitrogens with two attached hydrogens (primary N) is 1. The zero-order valence-electron chi connectivity index (χ0n) is 11.4. The Bertz CT molecular complexity index is 519. The number of thioether (sulfide) groups is 1. The van der Waals surface area contributed by atoms with Crippen LogP contribution in [0.1, 0.15) is 31.1 Å². The highest BCUT2D eigenvalue weighted by molar-refractivity contribution is 7.99. The summed E-state index contributed by atoms with van der Waals surface area (Å²) in [4.78, 5) is 13.5. The first kappa shape index (κ1) is 14.8. The Balaban J connectivity index is 1.92. The summed E-state index contributed by atoms with van der Waals surface area (Å²) in [6.07, 6.45) is 2.59. The van der Waals surface area contributed by atoms with Gasteiger partial charge in [-0.1, -0.05) is 11.8 Å². The highest BCUT2D eigenvalue weighted by Gasteiger charge is 2.29. The lowest BCUT2D eigenvalue weighted by Crippen LogP contribution is -2.29. The van der Waals surface area contributed by atoms with E-state index in [1.165, 1.54) is 11.8 Å². The molecule has 1 saturated carbocycles. The predicted octanol–water partition coefficient (Wildman–Crippen LogP) is 0.536. The number of aromatic nitrogens is 3. The van der Waals surface area contributed by atoms with E-state index in [2.05, 4.69) is 10.2 Å². The van der Waals surface area contributed by atoms with Crippen molar-refractivity contribution < 1.29 is 4.79 Å². The van der Waals surface area contributed by atoms with Gasteiger partial charge in [0, 0.05) is 19.6 Å². The molecule has 1 aliphatic carbocycles. The first-order valence-corrected chi connectivity index (χ1v) is 7.53. The number of hydrogen-bond acceptors (Lipinski definition) is 6. The average Bonchev–Trinajstić information content (AvgIpc) is 3.22. The molecule has 0 spiro atoms. The lowest BCUT2D eigenvalue weighted by Gasteiger charge is -2.15. The second kappa shape index (κ2) is 6.72.